The van der Waals surface area contributed by atoms with Crippen LogP contribution in [-0.2, 0) is 0 Å². The smallest absolute Gasteiger partial charge is 0.151 e. The lowest BCUT2D eigenvalue weighted by atomic mass is 10.1. The van der Waals surface area contributed by atoms with Gasteiger partial charge in [-0.1, -0.05) is 30.3 Å². The standard InChI is InChI=1S/C18H22N4/c1-21-15-7-8-16(21)13-22(12-11-15)18-10-9-17(19-20-18)14-5-3-2-4-6-14/h2-6,9-10,15-16H,7-8,11-13H2,1H3. The first kappa shape index (κ1) is 13.7. The van der Waals surface area contributed by atoms with Crippen LogP contribution in [0.25, 0.3) is 11.3 Å². The van der Waals surface area contributed by atoms with E-state index in [-0.39, 0.29) is 0 Å². The van der Waals surface area contributed by atoms with Crippen molar-refractivity contribution in [2.75, 3.05) is 25.0 Å². The molecule has 4 nitrogen and oxygen atoms in total. The summed E-state index contributed by atoms with van der Waals surface area (Å²) in [5, 5.41) is 8.92. The summed E-state index contributed by atoms with van der Waals surface area (Å²) < 4.78 is 0. The van der Waals surface area contributed by atoms with Gasteiger partial charge in [0.15, 0.2) is 5.82 Å². The largest absolute Gasteiger partial charge is 0.354 e. The molecular formula is C18H22N4. The monoisotopic (exact) mass is 294 g/mol. The summed E-state index contributed by atoms with van der Waals surface area (Å²) in [6.45, 7) is 2.16. The van der Waals surface area contributed by atoms with Gasteiger partial charge in [0.05, 0.1) is 5.69 Å². The number of benzene rings is 1. The fraction of sp³-hybridized carbons (Fsp3) is 0.444. The third-order valence-corrected chi connectivity index (χ3v) is 5.19. The number of nitrogens with zero attached hydrogens (tertiary/aromatic N) is 4. The lowest BCUT2D eigenvalue weighted by Gasteiger charge is -2.26. The molecule has 3 heterocycles. The third kappa shape index (κ3) is 2.48. The molecule has 4 rings (SSSR count). The Hall–Kier alpha value is -1.94. The molecule has 0 radical (unpaired) electrons. The fourth-order valence-corrected chi connectivity index (χ4v) is 3.77. The van der Waals surface area contributed by atoms with Gasteiger partial charge < -0.3 is 4.90 Å². The summed E-state index contributed by atoms with van der Waals surface area (Å²) in [7, 11) is 2.27. The Morgan fingerprint density at radius 2 is 1.73 bits per heavy atom. The molecule has 1 aromatic carbocycles. The first-order valence-electron chi connectivity index (χ1n) is 8.17. The van der Waals surface area contributed by atoms with Crippen LogP contribution in [0, 0.1) is 0 Å². The van der Waals surface area contributed by atoms with Crippen molar-refractivity contribution < 1.29 is 0 Å². The van der Waals surface area contributed by atoms with Crippen LogP contribution >= 0.6 is 0 Å². The van der Waals surface area contributed by atoms with Crippen molar-refractivity contribution in [1.29, 1.82) is 0 Å². The van der Waals surface area contributed by atoms with Crippen LogP contribution in [0.3, 0.4) is 0 Å². The number of aromatic nitrogens is 2. The van der Waals surface area contributed by atoms with Gasteiger partial charge in [-0.3, -0.25) is 4.90 Å². The summed E-state index contributed by atoms with van der Waals surface area (Å²) >= 11 is 0. The van der Waals surface area contributed by atoms with Crippen LogP contribution in [0.4, 0.5) is 5.82 Å². The van der Waals surface area contributed by atoms with Crippen molar-refractivity contribution in [3.05, 3.63) is 42.5 Å². The number of hydrogen-bond donors (Lipinski definition) is 0. The third-order valence-electron chi connectivity index (χ3n) is 5.19. The van der Waals surface area contributed by atoms with Crippen molar-refractivity contribution in [3.8, 4) is 11.3 Å². The van der Waals surface area contributed by atoms with Gasteiger partial charge in [0.1, 0.15) is 0 Å². The van der Waals surface area contributed by atoms with Gasteiger partial charge in [-0.2, -0.15) is 0 Å². The van der Waals surface area contributed by atoms with E-state index in [0.717, 1.165) is 36.2 Å². The van der Waals surface area contributed by atoms with Gasteiger partial charge in [0, 0.05) is 30.7 Å². The maximum Gasteiger partial charge on any atom is 0.151 e. The summed E-state index contributed by atoms with van der Waals surface area (Å²) in [6.07, 6.45) is 3.90. The Balaban J connectivity index is 1.54. The predicted molar refractivity (Wildman–Crippen MR) is 88.9 cm³/mol. The quantitative estimate of drug-likeness (QED) is 0.852. The van der Waals surface area contributed by atoms with Crippen molar-refractivity contribution in [2.24, 2.45) is 0 Å². The molecule has 2 aliphatic rings. The van der Waals surface area contributed by atoms with Crippen LogP contribution in [0.2, 0.25) is 0 Å². The van der Waals surface area contributed by atoms with Crippen LogP contribution in [-0.4, -0.2) is 47.3 Å². The van der Waals surface area contributed by atoms with E-state index in [0.29, 0.717) is 6.04 Å². The highest BCUT2D eigenvalue weighted by atomic mass is 15.3. The molecule has 2 aliphatic heterocycles. The van der Waals surface area contributed by atoms with Crippen LogP contribution in [0.15, 0.2) is 42.5 Å². The second-order valence-electron chi connectivity index (χ2n) is 6.43. The highest BCUT2D eigenvalue weighted by Gasteiger charge is 2.34. The Morgan fingerprint density at radius 3 is 2.50 bits per heavy atom. The summed E-state index contributed by atoms with van der Waals surface area (Å²) in [4.78, 5) is 4.97. The Morgan fingerprint density at radius 1 is 0.909 bits per heavy atom. The molecule has 2 fully saturated rings. The molecule has 22 heavy (non-hydrogen) atoms. The highest BCUT2D eigenvalue weighted by molar-refractivity contribution is 5.59. The minimum absolute atomic E-state index is 0.670. The molecule has 0 saturated carbocycles. The normalized spacial score (nSPS) is 25.2. The molecule has 0 spiro atoms. The molecule has 2 saturated heterocycles. The number of hydrogen-bond acceptors (Lipinski definition) is 4. The Labute approximate surface area is 131 Å². The molecule has 1 aromatic heterocycles. The molecule has 0 N–H and O–H groups in total. The fourth-order valence-electron chi connectivity index (χ4n) is 3.77. The maximum atomic E-state index is 4.49. The number of rotatable bonds is 2. The summed E-state index contributed by atoms with van der Waals surface area (Å²) in [5.41, 5.74) is 2.06. The first-order chi connectivity index (χ1) is 10.8. The molecule has 4 heteroatoms. The van der Waals surface area contributed by atoms with Crippen molar-refractivity contribution in [1.82, 2.24) is 15.1 Å². The molecule has 2 unspecified atom stereocenters. The van der Waals surface area contributed by atoms with Crippen LogP contribution < -0.4 is 4.90 Å². The first-order valence-corrected chi connectivity index (χ1v) is 8.17. The van der Waals surface area contributed by atoms with Crippen LogP contribution in [0.1, 0.15) is 19.3 Å². The average Bonchev–Trinajstić information content (AvgIpc) is 2.81. The molecule has 0 aliphatic carbocycles. The lowest BCUT2D eigenvalue weighted by Crippen LogP contribution is -2.37. The van der Waals surface area contributed by atoms with Gasteiger partial charge >= 0.3 is 0 Å². The SMILES string of the molecule is CN1C2CCC1CN(c1ccc(-c3ccccc3)nn1)CC2. The van der Waals surface area contributed by atoms with E-state index in [1.807, 2.05) is 18.2 Å². The van der Waals surface area contributed by atoms with Gasteiger partial charge in [-0.05, 0) is 38.4 Å². The predicted octanol–water partition coefficient (Wildman–Crippen LogP) is 2.82. The average molecular weight is 294 g/mol. The molecule has 0 amide bonds. The van der Waals surface area contributed by atoms with Gasteiger partial charge in [-0.25, -0.2) is 0 Å². The second kappa shape index (κ2) is 5.69. The number of anilines is 1. The molecule has 114 valence electrons. The van der Waals surface area contributed by atoms with Crippen molar-refractivity contribution >= 4 is 5.82 Å². The molecule has 2 aromatic rings. The van der Waals surface area contributed by atoms with E-state index in [1.165, 1.54) is 19.3 Å². The van der Waals surface area contributed by atoms with Crippen molar-refractivity contribution in [3.63, 3.8) is 0 Å². The zero-order chi connectivity index (χ0) is 14.9. The molecular weight excluding hydrogens is 272 g/mol. The van der Waals surface area contributed by atoms with E-state index >= 15 is 0 Å². The van der Waals surface area contributed by atoms with Crippen molar-refractivity contribution in [2.45, 2.75) is 31.3 Å². The van der Waals surface area contributed by atoms with E-state index in [1.54, 1.807) is 0 Å². The Kier molecular flexibility index (Phi) is 3.54. The highest BCUT2D eigenvalue weighted by Crippen LogP contribution is 2.30. The van der Waals surface area contributed by atoms with E-state index < -0.39 is 0 Å². The zero-order valence-electron chi connectivity index (χ0n) is 13.0. The molecule has 2 atom stereocenters. The number of fused-ring (bicyclic) bond motifs is 2. The maximum absolute atomic E-state index is 4.49. The second-order valence-corrected chi connectivity index (χ2v) is 6.43. The lowest BCUT2D eigenvalue weighted by molar-refractivity contribution is 0.254. The van der Waals surface area contributed by atoms with E-state index in [2.05, 4.69) is 51.3 Å². The van der Waals surface area contributed by atoms with Gasteiger partial charge in [0.25, 0.3) is 0 Å². The minimum Gasteiger partial charge on any atom is -0.354 e. The Bertz CT molecular complexity index is 625. The minimum atomic E-state index is 0.670. The summed E-state index contributed by atoms with van der Waals surface area (Å²) in [6, 6.07) is 15.9. The zero-order valence-corrected chi connectivity index (χ0v) is 13.0. The van der Waals surface area contributed by atoms with Crippen LogP contribution in [0.5, 0.6) is 0 Å². The topological polar surface area (TPSA) is 32.3 Å². The van der Waals surface area contributed by atoms with E-state index in [4.69, 9.17) is 0 Å². The number of likely N-dealkylation sites (N-methyl/N-ethyl adjacent to an activating group) is 1. The molecule has 2 bridgehead atoms. The van der Waals surface area contributed by atoms with Gasteiger partial charge in [-0.15, -0.1) is 10.2 Å². The van der Waals surface area contributed by atoms with E-state index in [9.17, 15) is 0 Å². The summed E-state index contributed by atoms with van der Waals surface area (Å²) in [5.74, 6) is 1.01. The van der Waals surface area contributed by atoms with Gasteiger partial charge in [0.2, 0.25) is 0 Å².